The van der Waals surface area contributed by atoms with Crippen LogP contribution in [0.25, 0.3) is 0 Å². The van der Waals surface area contributed by atoms with Crippen molar-refractivity contribution in [2.24, 2.45) is 0 Å². The summed E-state index contributed by atoms with van der Waals surface area (Å²) in [5.74, 6) is 0.334. The summed E-state index contributed by atoms with van der Waals surface area (Å²) in [6.45, 7) is 1.69. The molecule has 2 aromatic carbocycles. The number of amides is 1. The maximum Gasteiger partial charge on any atom is 0.277 e. The van der Waals surface area contributed by atoms with E-state index in [2.05, 4.69) is 15.5 Å². The summed E-state index contributed by atoms with van der Waals surface area (Å²) in [6.07, 6.45) is 0.509. The molecule has 0 unspecified atom stereocenters. The molecular weight excluding hydrogens is 396 g/mol. The zero-order chi connectivity index (χ0) is 20.8. The monoisotopic (exact) mass is 414 g/mol. The SMILES string of the molecule is COc1cc([N+](=O)[O-])ccc1NC(=O)[C@H](C)Sc1nnc(Cc2ccccc2)o1. The van der Waals surface area contributed by atoms with Crippen molar-refractivity contribution in [3.8, 4) is 5.75 Å². The van der Waals surface area contributed by atoms with E-state index in [0.717, 1.165) is 17.3 Å². The van der Waals surface area contributed by atoms with E-state index in [1.54, 1.807) is 6.92 Å². The third kappa shape index (κ3) is 5.32. The van der Waals surface area contributed by atoms with Crippen molar-refractivity contribution in [2.45, 2.75) is 23.8 Å². The molecule has 10 heteroatoms. The van der Waals surface area contributed by atoms with E-state index in [1.807, 2.05) is 30.3 Å². The second kappa shape index (κ2) is 9.20. The number of rotatable bonds is 8. The van der Waals surface area contributed by atoms with Crippen LogP contribution in [0, 0.1) is 10.1 Å². The molecule has 1 amide bonds. The van der Waals surface area contributed by atoms with Gasteiger partial charge >= 0.3 is 0 Å². The van der Waals surface area contributed by atoms with Crippen LogP contribution in [0.15, 0.2) is 58.2 Å². The minimum Gasteiger partial charge on any atom is -0.494 e. The smallest absolute Gasteiger partial charge is 0.277 e. The Labute approximate surface area is 170 Å². The Bertz CT molecular complexity index is 1010. The molecule has 0 radical (unpaired) electrons. The normalized spacial score (nSPS) is 11.7. The summed E-state index contributed by atoms with van der Waals surface area (Å²) in [4.78, 5) is 22.8. The van der Waals surface area contributed by atoms with Crippen molar-refractivity contribution in [1.29, 1.82) is 0 Å². The second-order valence-electron chi connectivity index (χ2n) is 6.02. The molecule has 29 heavy (non-hydrogen) atoms. The van der Waals surface area contributed by atoms with E-state index in [1.165, 1.54) is 25.3 Å². The largest absolute Gasteiger partial charge is 0.494 e. The number of nitrogens with one attached hydrogen (secondary N) is 1. The van der Waals surface area contributed by atoms with Gasteiger partial charge in [-0.25, -0.2) is 0 Å². The number of nitrogens with zero attached hydrogens (tertiary/aromatic N) is 3. The van der Waals surface area contributed by atoms with Crippen molar-refractivity contribution >= 4 is 29.0 Å². The highest BCUT2D eigenvalue weighted by atomic mass is 32.2. The van der Waals surface area contributed by atoms with Gasteiger partial charge in [0.05, 0.1) is 35.5 Å². The lowest BCUT2D eigenvalue weighted by Crippen LogP contribution is -2.22. The number of hydrogen-bond donors (Lipinski definition) is 1. The van der Waals surface area contributed by atoms with Crippen LogP contribution in [-0.4, -0.2) is 33.4 Å². The van der Waals surface area contributed by atoms with E-state index >= 15 is 0 Å². The number of methoxy groups -OCH3 is 1. The van der Waals surface area contributed by atoms with Crippen LogP contribution in [0.4, 0.5) is 11.4 Å². The third-order valence-corrected chi connectivity index (χ3v) is 4.88. The van der Waals surface area contributed by atoms with Gasteiger partial charge in [-0.2, -0.15) is 0 Å². The topological polar surface area (TPSA) is 120 Å². The molecule has 1 aromatic heterocycles. The number of ether oxygens (including phenoxy) is 1. The lowest BCUT2D eigenvalue weighted by molar-refractivity contribution is -0.384. The Hall–Kier alpha value is -3.40. The zero-order valence-electron chi connectivity index (χ0n) is 15.7. The Kier molecular flexibility index (Phi) is 6.45. The predicted octanol–water partition coefficient (Wildman–Crippen LogP) is 3.70. The summed E-state index contributed by atoms with van der Waals surface area (Å²) in [6, 6.07) is 13.7. The summed E-state index contributed by atoms with van der Waals surface area (Å²) in [7, 11) is 1.37. The first kappa shape index (κ1) is 20.3. The number of nitro benzene ring substituents is 1. The molecule has 0 saturated carbocycles. The highest BCUT2D eigenvalue weighted by Gasteiger charge is 2.21. The van der Waals surface area contributed by atoms with Crippen LogP contribution in [0.5, 0.6) is 5.75 Å². The Morgan fingerprint density at radius 1 is 1.28 bits per heavy atom. The summed E-state index contributed by atoms with van der Waals surface area (Å²) < 4.78 is 10.7. The van der Waals surface area contributed by atoms with Crippen LogP contribution >= 0.6 is 11.8 Å². The molecule has 1 atom stereocenters. The molecule has 0 bridgehead atoms. The third-order valence-electron chi connectivity index (χ3n) is 3.95. The molecule has 0 spiro atoms. The molecule has 1 N–H and O–H groups in total. The van der Waals surface area contributed by atoms with Crippen molar-refractivity contribution in [2.75, 3.05) is 12.4 Å². The Balaban J connectivity index is 1.62. The molecule has 0 aliphatic heterocycles. The van der Waals surface area contributed by atoms with Gasteiger partial charge in [-0.1, -0.05) is 42.1 Å². The molecule has 0 fully saturated rings. The van der Waals surface area contributed by atoms with Gasteiger partial charge in [-0.15, -0.1) is 10.2 Å². The molecule has 1 heterocycles. The number of hydrogen-bond acceptors (Lipinski definition) is 8. The average Bonchev–Trinajstić information content (AvgIpc) is 3.15. The van der Waals surface area contributed by atoms with E-state index < -0.39 is 10.2 Å². The summed E-state index contributed by atoms with van der Waals surface area (Å²) in [5, 5.41) is 21.3. The molecule has 0 aliphatic carbocycles. The zero-order valence-corrected chi connectivity index (χ0v) is 16.5. The number of aromatic nitrogens is 2. The quantitative estimate of drug-likeness (QED) is 0.336. The molecule has 0 aliphatic rings. The molecule has 9 nitrogen and oxygen atoms in total. The van der Waals surface area contributed by atoms with Gasteiger partial charge in [0.15, 0.2) is 0 Å². The number of nitro groups is 1. The van der Waals surface area contributed by atoms with Gasteiger partial charge in [0.25, 0.3) is 10.9 Å². The maximum atomic E-state index is 12.5. The summed E-state index contributed by atoms with van der Waals surface area (Å²) in [5.41, 5.74) is 1.26. The van der Waals surface area contributed by atoms with Gasteiger partial charge in [0.1, 0.15) is 5.75 Å². The fourth-order valence-electron chi connectivity index (χ4n) is 2.46. The number of benzene rings is 2. The average molecular weight is 414 g/mol. The van der Waals surface area contributed by atoms with E-state index in [4.69, 9.17) is 9.15 Å². The first-order valence-electron chi connectivity index (χ1n) is 8.62. The second-order valence-corrected chi connectivity index (χ2v) is 7.31. The van der Waals surface area contributed by atoms with Crippen LogP contribution in [0.1, 0.15) is 18.4 Å². The van der Waals surface area contributed by atoms with E-state index in [-0.39, 0.29) is 22.6 Å². The summed E-state index contributed by atoms with van der Waals surface area (Å²) >= 11 is 1.12. The highest BCUT2D eigenvalue weighted by Crippen LogP contribution is 2.30. The Morgan fingerprint density at radius 2 is 2.03 bits per heavy atom. The van der Waals surface area contributed by atoms with Gasteiger partial charge in [-0.3, -0.25) is 14.9 Å². The Morgan fingerprint density at radius 3 is 2.72 bits per heavy atom. The predicted molar refractivity (Wildman–Crippen MR) is 107 cm³/mol. The van der Waals surface area contributed by atoms with Crippen molar-refractivity contribution in [3.63, 3.8) is 0 Å². The van der Waals surface area contributed by atoms with E-state index in [9.17, 15) is 14.9 Å². The molecule has 0 saturated heterocycles. The molecular formula is C19H18N4O5S. The number of thioether (sulfide) groups is 1. The molecule has 3 aromatic rings. The highest BCUT2D eigenvalue weighted by molar-refractivity contribution is 8.00. The number of anilines is 1. The number of carbonyl (C=O) groups excluding carboxylic acids is 1. The first-order valence-corrected chi connectivity index (χ1v) is 9.50. The minimum absolute atomic E-state index is 0.126. The van der Waals surface area contributed by atoms with Crippen molar-refractivity contribution < 1.29 is 18.9 Å². The van der Waals surface area contributed by atoms with Gasteiger partial charge in [0.2, 0.25) is 11.8 Å². The van der Waals surface area contributed by atoms with Crippen LogP contribution in [0.2, 0.25) is 0 Å². The fraction of sp³-hybridized carbons (Fsp3) is 0.211. The van der Waals surface area contributed by atoms with Crippen molar-refractivity contribution in [3.05, 3.63) is 70.1 Å². The van der Waals surface area contributed by atoms with Crippen LogP contribution in [-0.2, 0) is 11.2 Å². The lowest BCUT2D eigenvalue weighted by Gasteiger charge is -2.12. The number of carbonyl (C=O) groups is 1. The van der Waals surface area contributed by atoms with Gasteiger partial charge in [0, 0.05) is 6.07 Å². The number of non-ortho nitro benzene ring substituents is 1. The molecule has 3 rings (SSSR count). The lowest BCUT2D eigenvalue weighted by atomic mass is 10.2. The van der Waals surface area contributed by atoms with Gasteiger partial charge in [-0.05, 0) is 18.6 Å². The van der Waals surface area contributed by atoms with Gasteiger partial charge < -0.3 is 14.5 Å². The maximum absolute atomic E-state index is 12.5. The first-order chi connectivity index (χ1) is 14.0. The van der Waals surface area contributed by atoms with Crippen LogP contribution in [0.3, 0.4) is 0 Å². The van der Waals surface area contributed by atoms with E-state index in [0.29, 0.717) is 18.0 Å². The minimum atomic E-state index is -0.542. The fourth-order valence-corrected chi connectivity index (χ4v) is 3.16. The molecule has 150 valence electrons. The van der Waals surface area contributed by atoms with Crippen LogP contribution < -0.4 is 10.1 Å². The van der Waals surface area contributed by atoms with Crippen molar-refractivity contribution in [1.82, 2.24) is 10.2 Å². The standard InChI is InChI=1S/C19H18N4O5S/c1-12(18(24)20-15-9-8-14(23(25)26)11-16(15)27-2)29-19-22-21-17(28-19)10-13-6-4-3-5-7-13/h3-9,11-12H,10H2,1-2H3,(H,20,24)/t12-/m0/s1.